The van der Waals surface area contributed by atoms with Gasteiger partial charge in [-0.25, -0.2) is 0 Å². The molecule has 1 fully saturated rings. The summed E-state index contributed by atoms with van der Waals surface area (Å²) in [6.45, 7) is 4.13. The summed E-state index contributed by atoms with van der Waals surface area (Å²) in [5, 5.41) is 9.13. The third-order valence-corrected chi connectivity index (χ3v) is 5.41. The molecule has 2 aromatic rings. The van der Waals surface area contributed by atoms with Gasteiger partial charge in [0.05, 0.1) is 5.75 Å². The van der Waals surface area contributed by atoms with E-state index in [1.807, 2.05) is 47.7 Å². The normalized spacial score (nSPS) is 14.6. The fourth-order valence-corrected chi connectivity index (χ4v) is 3.65. The number of aromatic nitrogens is 3. The second kappa shape index (κ2) is 8.38. The van der Waals surface area contributed by atoms with Gasteiger partial charge in [-0.3, -0.25) is 4.79 Å². The maximum Gasteiger partial charge on any atom is 0.233 e. The number of rotatable bonds is 6. The van der Waals surface area contributed by atoms with Crippen molar-refractivity contribution < 1.29 is 9.53 Å². The highest BCUT2D eigenvalue weighted by atomic mass is 32.2. The van der Waals surface area contributed by atoms with Crippen molar-refractivity contribution in [1.82, 2.24) is 19.7 Å². The molecule has 6 nitrogen and oxygen atoms in total. The molecule has 1 aliphatic heterocycles. The van der Waals surface area contributed by atoms with Crippen molar-refractivity contribution in [3.8, 4) is 5.75 Å². The third-order valence-electron chi connectivity index (χ3n) is 4.41. The Morgan fingerprint density at radius 3 is 2.72 bits per heavy atom. The molecule has 0 spiro atoms. The Bertz CT molecular complexity index is 726. The van der Waals surface area contributed by atoms with Gasteiger partial charge in [-0.15, -0.1) is 10.2 Å². The minimum absolute atomic E-state index is 0.186. The van der Waals surface area contributed by atoms with Crippen LogP contribution in [0.15, 0.2) is 29.4 Å². The van der Waals surface area contributed by atoms with E-state index in [9.17, 15) is 4.79 Å². The number of aryl methyl sites for hydroxylation is 1. The molecule has 1 saturated heterocycles. The summed E-state index contributed by atoms with van der Waals surface area (Å²) in [5.74, 6) is 2.19. The van der Waals surface area contributed by atoms with E-state index < -0.39 is 0 Å². The largest absolute Gasteiger partial charge is 0.485 e. The molecule has 1 aliphatic rings. The Kier molecular flexibility index (Phi) is 5.96. The lowest BCUT2D eigenvalue weighted by atomic mass is 10.1. The molecule has 1 amide bonds. The maximum absolute atomic E-state index is 12.3. The number of amides is 1. The van der Waals surface area contributed by atoms with Crippen molar-refractivity contribution >= 4 is 17.7 Å². The SMILES string of the molecule is Cc1ccccc1OCc1nnc(SCC(=O)N2CCCCC2)n1C. The summed E-state index contributed by atoms with van der Waals surface area (Å²) in [6.07, 6.45) is 3.45. The molecule has 0 unspecified atom stereocenters. The number of ether oxygens (including phenoxy) is 1. The van der Waals surface area contributed by atoms with Crippen molar-refractivity contribution in [1.29, 1.82) is 0 Å². The quantitative estimate of drug-likeness (QED) is 0.742. The number of nitrogens with zero attached hydrogens (tertiary/aromatic N) is 4. The highest BCUT2D eigenvalue weighted by Gasteiger charge is 2.18. The van der Waals surface area contributed by atoms with Crippen LogP contribution in [0.3, 0.4) is 0 Å². The van der Waals surface area contributed by atoms with E-state index in [-0.39, 0.29) is 5.91 Å². The first-order chi connectivity index (χ1) is 12.1. The molecule has 3 rings (SSSR count). The molecular weight excluding hydrogens is 336 g/mol. The summed E-state index contributed by atoms with van der Waals surface area (Å²) in [4.78, 5) is 14.2. The molecule has 0 saturated carbocycles. The van der Waals surface area contributed by atoms with Crippen LogP contribution in [0.1, 0.15) is 30.7 Å². The number of piperidine rings is 1. The zero-order chi connectivity index (χ0) is 17.6. The number of hydrogen-bond donors (Lipinski definition) is 0. The first-order valence-electron chi connectivity index (χ1n) is 8.62. The minimum atomic E-state index is 0.186. The van der Waals surface area contributed by atoms with Crippen LogP contribution in [0.4, 0.5) is 0 Å². The minimum Gasteiger partial charge on any atom is -0.485 e. The fourth-order valence-electron chi connectivity index (χ4n) is 2.82. The summed E-state index contributed by atoms with van der Waals surface area (Å²) in [7, 11) is 1.91. The molecule has 0 atom stereocenters. The third kappa shape index (κ3) is 4.54. The van der Waals surface area contributed by atoms with Gasteiger partial charge in [0.2, 0.25) is 5.91 Å². The van der Waals surface area contributed by atoms with Gasteiger partial charge in [-0.05, 0) is 37.8 Å². The van der Waals surface area contributed by atoms with E-state index >= 15 is 0 Å². The van der Waals surface area contributed by atoms with Gasteiger partial charge in [0, 0.05) is 20.1 Å². The van der Waals surface area contributed by atoms with Gasteiger partial charge in [0.15, 0.2) is 11.0 Å². The number of benzene rings is 1. The van der Waals surface area contributed by atoms with Gasteiger partial charge in [-0.1, -0.05) is 30.0 Å². The molecule has 134 valence electrons. The highest BCUT2D eigenvalue weighted by Crippen LogP contribution is 2.20. The first-order valence-corrected chi connectivity index (χ1v) is 9.61. The summed E-state index contributed by atoms with van der Waals surface area (Å²) in [6, 6.07) is 7.89. The van der Waals surface area contributed by atoms with E-state index in [2.05, 4.69) is 10.2 Å². The lowest BCUT2D eigenvalue weighted by molar-refractivity contribution is -0.129. The fraction of sp³-hybridized carbons (Fsp3) is 0.500. The zero-order valence-electron chi connectivity index (χ0n) is 14.8. The van der Waals surface area contributed by atoms with Gasteiger partial charge in [0.1, 0.15) is 12.4 Å². The molecule has 0 bridgehead atoms. The summed E-state index contributed by atoms with van der Waals surface area (Å²) < 4.78 is 7.73. The molecule has 1 aromatic carbocycles. The van der Waals surface area contributed by atoms with Crippen molar-refractivity contribution in [2.75, 3.05) is 18.8 Å². The molecule has 25 heavy (non-hydrogen) atoms. The molecule has 0 aliphatic carbocycles. The summed E-state index contributed by atoms with van der Waals surface area (Å²) >= 11 is 1.44. The highest BCUT2D eigenvalue weighted by molar-refractivity contribution is 7.99. The lowest BCUT2D eigenvalue weighted by Crippen LogP contribution is -2.36. The Morgan fingerprint density at radius 2 is 1.96 bits per heavy atom. The van der Waals surface area contributed by atoms with Gasteiger partial charge >= 0.3 is 0 Å². The van der Waals surface area contributed by atoms with Crippen molar-refractivity contribution in [2.24, 2.45) is 7.05 Å². The second-order valence-electron chi connectivity index (χ2n) is 6.24. The monoisotopic (exact) mass is 360 g/mol. The molecule has 0 radical (unpaired) electrons. The van der Waals surface area contributed by atoms with E-state index in [4.69, 9.17) is 4.74 Å². The average Bonchev–Trinajstić information content (AvgIpc) is 2.99. The standard InChI is InChI=1S/C18H24N4O2S/c1-14-8-4-5-9-15(14)24-12-16-19-20-18(21(16)2)25-13-17(23)22-10-6-3-7-11-22/h4-5,8-9H,3,6-7,10-13H2,1-2H3. The molecular formula is C18H24N4O2S. The van der Waals surface area contributed by atoms with Crippen LogP contribution in [0.5, 0.6) is 5.75 Å². The molecule has 0 N–H and O–H groups in total. The van der Waals surface area contributed by atoms with E-state index in [1.165, 1.54) is 18.2 Å². The van der Waals surface area contributed by atoms with Gasteiger partial charge in [-0.2, -0.15) is 0 Å². The molecule has 7 heteroatoms. The molecule has 2 heterocycles. The lowest BCUT2D eigenvalue weighted by Gasteiger charge is -2.26. The van der Waals surface area contributed by atoms with Crippen LogP contribution in [0.25, 0.3) is 0 Å². The van der Waals surface area contributed by atoms with E-state index in [0.717, 1.165) is 48.2 Å². The average molecular weight is 360 g/mol. The number of thioether (sulfide) groups is 1. The number of likely N-dealkylation sites (tertiary alicyclic amines) is 1. The maximum atomic E-state index is 12.3. The van der Waals surface area contributed by atoms with Gasteiger partial charge < -0.3 is 14.2 Å². The van der Waals surface area contributed by atoms with Crippen LogP contribution < -0.4 is 4.74 Å². The smallest absolute Gasteiger partial charge is 0.233 e. The predicted molar refractivity (Wildman–Crippen MR) is 97.7 cm³/mol. The zero-order valence-corrected chi connectivity index (χ0v) is 15.6. The van der Waals surface area contributed by atoms with Crippen LogP contribution in [0, 0.1) is 6.92 Å². The Morgan fingerprint density at radius 1 is 1.20 bits per heavy atom. The van der Waals surface area contributed by atoms with Crippen LogP contribution in [-0.4, -0.2) is 44.4 Å². The van der Waals surface area contributed by atoms with E-state index in [1.54, 1.807) is 0 Å². The number of hydrogen-bond acceptors (Lipinski definition) is 5. The predicted octanol–water partition coefficient (Wildman–Crippen LogP) is 2.81. The Balaban J connectivity index is 1.54. The molecule has 1 aromatic heterocycles. The Hall–Kier alpha value is -2.02. The van der Waals surface area contributed by atoms with Crippen LogP contribution in [-0.2, 0) is 18.4 Å². The van der Waals surface area contributed by atoms with Gasteiger partial charge in [0.25, 0.3) is 0 Å². The van der Waals surface area contributed by atoms with E-state index in [0.29, 0.717) is 12.4 Å². The first kappa shape index (κ1) is 17.8. The van der Waals surface area contributed by atoms with Crippen molar-refractivity contribution in [3.63, 3.8) is 0 Å². The van der Waals surface area contributed by atoms with Crippen LogP contribution in [0.2, 0.25) is 0 Å². The second-order valence-corrected chi connectivity index (χ2v) is 7.18. The Labute approximate surface area is 152 Å². The number of carbonyl (C=O) groups excluding carboxylic acids is 1. The number of para-hydroxylation sites is 1. The topological polar surface area (TPSA) is 60.3 Å². The van der Waals surface area contributed by atoms with Crippen LogP contribution >= 0.6 is 11.8 Å². The summed E-state index contributed by atoms with van der Waals surface area (Å²) in [5.41, 5.74) is 1.09. The van der Waals surface area contributed by atoms with Crippen molar-refractivity contribution in [3.05, 3.63) is 35.7 Å². The van der Waals surface area contributed by atoms with Crippen molar-refractivity contribution in [2.45, 2.75) is 37.9 Å². The number of carbonyl (C=O) groups is 1.